The zero-order valence-corrected chi connectivity index (χ0v) is 10.6. The van der Waals surface area contributed by atoms with E-state index < -0.39 is 12.2 Å². The Morgan fingerprint density at radius 2 is 2.00 bits per heavy atom. The molecule has 2 nitrogen and oxygen atoms in total. The topological polar surface area (TPSA) is 15.6 Å². The van der Waals surface area contributed by atoms with Gasteiger partial charge in [-0.3, -0.25) is 0 Å². The standard InChI is InChI=1S/C12H13F3N2S/c1-2-17-10(12(13,14)15)8-18-11(17)16-9-6-4-3-5-7-9/h3-7,10H,2,8H2,1H3. The molecule has 1 saturated heterocycles. The van der Waals surface area contributed by atoms with Crippen molar-refractivity contribution in [3.05, 3.63) is 30.3 Å². The molecule has 1 aliphatic heterocycles. The fraction of sp³-hybridized carbons (Fsp3) is 0.417. The second-order valence-corrected chi connectivity index (χ2v) is 4.87. The molecule has 1 aromatic carbocycles. The molecule has 0 N–H and O–H groups in total. The molecule has 1 aromatic rings. The zero-order valence-electron chi connectivity index (χ0n) is 9.81. The van der Waals surface area contributed by atoms with Crippen LogP contribution >= 0.6 is 11.8 Å². The van der Waals surface area contributed by atoms with Gasteiger partial charge < -0.3 is 4.90 Å². The summed E-state index contributed by atoms with van der Waals surface area (Å²) in [6.45, 7) is 2.02. The fourth-order valence-electron chi connectivity index (χ4n) is 1.80. The molecule has 18 heavy (non-hydrogen) atoms. The maximum atomic E-state index is 12.8. The van der Waals surface area contributed by atoms with Gasteiger partial charge >= 0.3 is 6.18 Å². The van der Waals surface area contributed by atoms with Crippen LogP contribution in [-0.4, -0.2) is 34.6 Å². The van der Waals surface area contributed by atoms with Crippen LogP contribution in [0.3, 0.4) is 0 Å². The van der Waals surface area contributed by atoms with E-state index in [2.05, 4.69) is 4.99 Å². The highest BCUT2D eigenvalue weighted by Crippen LogP contribution is 2.35. The highest BCUT2D eigenvalue weighted by molar-refractivity contribution is 8.14. The van der Waals surface area contributed by atoms with Crippen LogP contribution in [-0.2, 0) is 0 Å². The zero-order chi connectivity index (χ0) is 13.2. The lowest BCUT2D eigenvalue weighted by Gasteiger charge is -2.26. The Balaban J connectivity index is 2.23. The number of para-hydroxylation sites is 1. The third-order valence-corrected chi connectivity index (χ3v) is 3.76. The number of aliphatic imine (C=N–C) groups is 1. The van der Waals surface area contributed by atoms with E-state index in [4.69, 9.17) is 0 Å². The molecule has 1 heterocycles. The summed E-state index contributed by atoms with van der Waals surface area (Å²) in [5, 5.41) is 0.450. The van der Waals surface area contributed by atoms with Gasteiger partial charge in [-0.2, -0.15) is 13.2 Å². The average molecular weight is 274 g/mol. The smallest absolute Gasteiger partial charge is 0.339 e. The number of amidine groups is 1. The molecule has 1 atom stereocenters. The van der Waals surface area contributed by atoms with Gasteiger partial charge in [-0.1, -0.05) is 30.0 Å². The summed E-state index contributed by atoms with van der Waals surface area (Å²) in [4.78, 5) is 5.60. The van der Waals surface area contributed by atoms with Gasteiger partial charge in [0.2, 0.25) is 0 Å². The number of rotatable bonds is 2. The van der Waals surface area contributed by atoms with Crippen molar-refractivity contribution in [2.75, 3.05) is 12.3 Å². The van der Waals surface area contributed by atoms with Crippen molar-refractivity contribution in [1.29, 1.82) is 0 Å². The van der Waals surface area contributed by atoms with E-state index in [1.54, 1.807) is 19.1 Å². The number of halogens is 3. The van der Waals surface area contributed by atoms with E-state index in [0.717, 1.165) is 11.8 Å². The number of alkyl halides is 3. The van der Waals surface area contributed by atoms with E-state index >= 15 is 0 Å². The SMILES string of the molecule is CCN1C(=Nc2ccccc2)SCC1C(F)(F)F. The molecule has 0 aromatic heterocycles. The van der Waals surface area contributed by atoms with Crippen molar-refractivity contribution in [2.45, 2.75) is 19.1 Å². The summed E-state index contributed by atoms with van der Waals surface area (Å²) in [7, 11) is 0. The molecule has 6 heteroatoms. The quantitative estimate of drug-likeness (QED) is 0.817. The van der Waals surface area contributed by atoms with Gasteiger partial charge in [-0.05, 0) is 19.1 Å². The van der Waals surface area contributed by atoms with Crippen LogP contribution in [0.15, 0.2) is 35.3 Å². The number of hydrogen-bond donors (Lipinski definition) is 0. The second kappa shape index (κ2) is 5.22. The molecule has 0 spiro atoms. The predicted octanol–water partition coefficient (Wildman–Crippen LogP) is 3.67. The van der Waals surface area contributed by atoms with Crippen molar-refractivity contribution >= 4 is 22.6 Å². The summed E-state index contributed by atoms with van der Waals surface area (Å²) in [5.74, 6) is 0.0169. The van der Waals surface area contributed by atoms with Crippen LogP contribution in [0.5, 0.6) is 0 Å². The van der Waals surface area contributed by atoms with Crippen LogP contribution in [0.1, 0.15) is 6.92 Å². The first kappa shape index (κ1) is 13.3. The minimum atomic E-state index is -4.20. The van der Waals surface area contributed by atoms with Crippen molar-refractivity contribution in [3.8, 4) is 0 Å². The monoisotopic (exact) mass is 274 g/mol. The van der Waals surface area contributed by atoms with E-state index in [1.165, 1.54) is 4.90 Å². The number of nitrogens with zero attached hydrogens (tertiary/aromatic N) is 2. The summed E-state index contributed by atoms with van der Waals surface area (Å²) >= 11 is 1.16. The lowest BCUT2D eigenvalue weighted by molar-refractivity contribution is -0.165. The highest BCUT2D eigenvalue weighted by Gasteiger charge is 2.48. The second-order valence-electron chi connectivity index (χ2n) is 3.88. The van der Waals surface area contributed by atoms with Crippen LogP contribution in [0.2, 0.25) is 0 Å². The van der Waals surface area contributed by atoms with Crippen molar-refractivity contribution in [3.63, 3.8) is 0 Å². The third-order valence-electron chi connectivity index (χ3n) is 2.69. The summed E-state index contributed by atoms with van der Waals surface area (Å²) < 4.78 is 38.4. The molecule has 0 radical (unpaired) electrons. The van der Waals surface area contributed by atoms with Crippen LogP contribution < -0.4 is 0 Å². The van der Waals surface area contributed by atoms with Crippen LogP contribution in [0.4, 0.5) is 18.9 Å². The van der Waals surface area contributed by atoms with Crippen molar-refractivity contribution < 1.29 is 13.2 Å². The van der Waals surface area contributed by atoms with Gasteiger partial charge in [-0.15, -0.1) is 0 Å². The number of benzene rings is 1. The van der Waals surface area contributed by atoms with E-state index in [0.29, 0.717) is 17.4 Å². The molecule has 1 fully saturated rings. The molecular weight excluding hydrogens is 261 g/mol. The summed E-state index contributed by atoms with van der Waals surface area (Å²) in [5.41, 5.74) is 0.682. The Kier molecular flexibility index (Phi) is 3.85. The molecule has 0 aliphatic carbocycles. The molecule has 0 saturated carbocycles. The van der Waals surface area contributed by atoms with Gasteiger partial charge in [0.05, 0.1) is 5.69 Å². The highest BCUT2D eigenvalue weighted by atomic mass is 32.2. The minimum Gasteiger partial charge on any atom is -0.339 e. The average Bonchev–Trinajstić information content (AvgIpc) is 2.73. The summed E-state index contributed by atoms with van der Waals surface area (Å²) in [6.07, 6.45) is -4.20. The Morgan fingerprint density at radius 3 is 2.56 bits per heavy atom. The fourth-order valence-corrected chi connectivity index (χ4v) is 3.06. The number of thioether (sulfide) groups is 1. The third kappa shape index (κ3) is 2.80. The number of hydrogen-bond acceptors (Lipinski definition) is 2. The molecule has 0 amide bonds. The van der Waals surface area contributed by atoms with Gasteiger partial charge in [0, 0.05) is 12.3 Å². The molecule has 2 rings (SSSR count). The normalized spacial score (nSPS) is 22.8. The van der Waals surface area contributed by atoms with Gasteiger partial charge in [-0.25, -0.2) is 4.99 Å². The van der Waals surface area contributed by atoms with Gasteiger partial charge in [0.1, 0.15) is 6.04 Å². The van der Waals surface area contributed by atoms with E-state index in [9.17, 15) is 13.2 Å². The lowest BCUT2D eigenvalue weighted by atomic mass is 10.3. The van der Waals surface area contributed by atoms with Crippen molar-refractivity contribution in [1.82, 2.24) is 4.90 Å². The molecule has 1 aliphatic rings. The van der Waals surface area contributed by atoms with Crippen LogP contribution in [0, 0.1) is 0 Å². The van der Waals surface area contributed by atoms with Gasteiger partial charge in [0.25, 0.3) is 0 Å². The molecular formula is C12H13F3N2S. The Morgan fingerprint density at radius 1 is 1.33 bits per heavy atom. The molecule has 98 valence electrons. The Hall–Kier alpha value is -1.17. The minimum absolute atomic E-state index is 0.0169. The maximum absolute atomic E-state index is 12.8. The lowest BCUT2D eigenvalue weighted by Crippen LogP contribution is -2.44. The van der Waals surface area contributed by atoms with E-state index in [-0.39, 0.29) is 5.75 Å². The maximum Gasteiger partial charge on any atom is 0.409 e. The first-order valence-electron chi connectivity index (χ1n) is 5.62. The first-order chi connectivity index (χ1) is 8.52. The van der Waals surface area contributed by atoms with Crippen molar-refractivity contribution in [2.24, 2.45) is 4.99 Å². The van der Waals surface area contributed by atoms with Gasteiger partial charge in [0.15, 0.2) is 5.17 Å². The largest absolute Gasteiger partial charge is 0.409 e. The Labute approximate surface area is 108 Å². The predicted molar refractivity (Wildman–Crippen MR) is 68.2 cm³/mol. The van der Waals surface area contributed by atoms with Crippen LogP contribution in [0.25, 0.3) is 0 Å². The molecule has 0 bridgehead atoms. The molecule has 1 unspecified atom stereocenters. The Bertz CT molecular complexity index is 431. The first-order valence-corrected chi connectivity index (χ1v) is 6.61. The van der Waals surface area contributed by atoms with E-state index in [1.807, 2.05) is 18.2 Å². The summed E-state index contributed by atoms with van der Waals surface area (Å²) in [6, 6.07) is 7.62.